The van der Waals surface area contributed by atoms with E-state index in [2.05, 4.69) is 16.0 Å². The summed E-state index contributed by atoms with van der Waals surface area (Å²) < 4.78 is 71.1. The Labute approximate surface area is 581 Å². The van der Waals surface area contributed by atoms with E-state index in [1.807, 2.05) is 0 Å². The van der Waals surface area contributed by atoms with Crippen LogP contribution in [0.3, 0.4) is 0 Å². The zero-order valence-electron chi connectivity index (χ0n) is 55.4. The Bertz CT molecular complexity index is 4210. The largest absolute Gasteiger partial charge is 0.485 e. The van der Waals surface area contributed by atoms with Crippen LogP contribution in [0.2, 0.25) is 0 Å². The number of esters is 1. The van der Waals surface area contributed by atoms with Gasteiger partial charge in [0.1, 0.15) is 31.9 Å². The molecular formula is C71H74F2N8O17S2. The predicted octanol–water partition coefficient (Wildman–Crippen LogP) is 6.17. The number of aromatic nitrogens is 2. The highest BCUT2D eigenvalue weighted by Crippen LogP contribution is 2.47. The number of aryl methyl sites for hydroxylation is 2. The van der Waals surface area contributed by atoms with E-state index in [0.717, 1.165) is 64.2 Å². The van der Waals surface area contributed by atoms with E-state index in [9.17, 15) is 48.3 Å². The molecule has 7 heterocycles. The molecule has 0 radical (unpaired) electrons. The molecule has 7 amide bonds. The molecule has 12 rings (SSSR count). The first-order valence-corrected chi connectivity index (χ1v) is 34.7. The fraction of sp³-hybridized carbons (Fsp3) is 0.408. The van der Waals surface area contributed by atoms with Gasteiger partial charge in [0.15, 0.2) is 23.0 Å². The molecule has 3 atom stereocenters. The van der Waals surface area contributed by atoms with Gasteiger partial charge in [0.2, 0.25) is 17.7 Å². The highest BCUT2D eigenvalue weighted by atomic mass is 32.2. The maximum Gasteiger partial charge on any atom is 0.343 e. The summed E-state index contributed by atoms with van der Waals surface area (Å²) in [5.41, 5.74) is 3.63. The van der Waals surface area contributed by atoms with E-state index >= 15 is 8.78 Å². The Morgan fingerprint density at radius 3 is 1.81 bits per heavy atom. The molecule has 100 heavy (non-hydrogen) atoms. The molecule has 1 aliphatic carbocycles. The molecule has 6 aromatic rings. The van der Waals surface area contributed by atoms with E-state index in [4.69, 9.17) is 38.1 Å². The number of hydrogen-bond acceptors (Lipinski definition) is 20. The molecule has 2 fully saturated rings. The smallest absolute Gasteiger partial charge is 0.343 e. The average Bonchev–Trinajstić information content (AvgIpc) is 1.50. The number of nitrogens with zero attached hydrogens (tertiary/aromatic N) is 5. The quantitative estimate of drug-likeness (QED) is 0.0267. The number of benzene rings is 4. The van der Waals surface area contributed by atoms with Crippen LogP contribution < -0.4 is 31.1 Å². The van der Waals surface area contributed by atoms with Crippen molar-refractivity contribution in [1.29, 1.82) is 0 Å². The lowest BCUT2D eigenvalue weighted by Crippen LogP contribution is -2.54. The number of aliphatic hydroxyl groups is 1. The van der Waals surface area contributed by atoms with Crippen molar-refractivity contribution in [2.45, 2.75) is 94.0 Å². The molecule has 0 bridgehead atoms. The lowest BCUT2D eigenvalue weighted by Gasteiger charge is -2.31. The summed E-state index contributed by atoms with van der Waals surface area (Å²) >= 11 is 1.92. The second kappa shape index (κ2) is 30.9. The molecule has 0 spiro atoms. The number of rotatable bonds is 26. The maximum atomic E-state index is 15.8. The normalized spacial score (nSPS) is 17.8. The van der Waals surface area contributed by atoms with Crippen LogP contribution in [-0.2, 0) is 88.8 Å². The van der Waals surface area contributed by atoms with Gasteiger partial charge in [-0.2, -0.15) is 0 Å². The number of hydrogen-bond donors (Lipinski definition) is 4. The van der Waals surface area contributed by atoms with E-state index in [1.54, 1.807) is 102 Å². The molecule has 0 saturated carbocycles. The van der Waals surface area contributed by atoms with E-state index < -0.39 is 77.2 Å². The van der Waals surface area contributed by atoms with Gasteiger partial charge in [-0.05, 0) is 116 Å². The summed E-state index contributed by atoms with van der Waals surface area (Å²) in [7, 11) is 0. The number of carbonyl (C=O) groups excluding carboxylic acids is 8. The van der Waals surface area contributed by atoms with Crippen molar-refractivity contribution in [2.24, 2.45) is 5.92 Å². The van der Waals surface area contributed by atoms with Gasteiger partial charge in [-0.25, -0.2) is 23.5 Å². The van der Waals surface area contributed by atoms with Crippen LogP contribution in [0.5, 0.6) is 5.75 Å². The molecule has 2 saturated heterocycles. The summed E-state index contributed by atoms with van der Waals surface area (Å²) in [6, 6.07) is 17.9. The highest BCUT2D eigenvalue weighted by Gasteiger charge is 2.46. The number of halogens is 2. The molecule has 4 N–H and O–H groups in total. The Kier molecular flexibility index (Phi) is 21.9. The van der Waals surface area contributed by atoms with Crippen molar-refractivity contribution in [2.75, 3.05) is 109 Å². The van der Waals surface area contributed by atoms with Crippen LogP contribution in [-0.4, -0.2) is 183 Å². The third kappa shape index (κ3) is 14.8. The van der Waals surface area contributed by atoms with Gasteiger partial charge in [-0.15, -0.1) is 0 Å². The number of pyridine rings is 2. The highest BCUT2D eigenvalue weighted by molar-refractivity contribution is 8.08. The Morgan fingerprint density at radius 1 is 0.680 bits per heavy atom. The molecule has 5 aliphatic heterocycles. The summed E-state index contributed by atoms with van der Waals surface area (Å²) in [6.45, 7) is 9.55. The van der Waals surface area contributed by atoms with E-state index in [-0.39, 0.29) is 109 Å². The van der Waals surface area contributed by atoms with Gasteiger partial charge in [0, 0.05) is 81.4 Å². The molecule has 29 heteroatoms. The minimum Gasteiger partial charge on any atom is -0.485 e. The number of ether oxygens (including phenoxy) is 7. The molecule has 2 aromatic heterocycles. The summed E-state index contributed by atoms with van der Waals surface area (Å²) in [5, 5.41) is 20.6. The predicted molar refractivity (Wildman–Crippen MR) is 361 cm³/mol. The van der Waals surface area contributed by atoms with Gasteiger partial charge in [0.25, 0.3) is 29.2 Å². The summed E-state index contributed by atoms with van der Waals surface area (Å²) in [5.74, 6) is -8.02. The number of amides is 7. The third-order valence-electron chi connectivity index (χ3n) is 18.1. The number of morpholine rings is 2. The molecule has 4 aromatic carbocycles. The first kappa shape index (κ1) is 70.9. The first-order chi connectivity index (χ1) is 48.2. The van der Waals surface area contributed by atoms with Crippen LogP contribution in [0.4, 0.5) is 20.2 Å². The SMILES string of the molecule is CC[C@@]1(O)C(=O)OCc2c1cc1n(c2=O)Cc2c-1nc1ccc(NC(=O)[C@H](C)NC(=O)[C@@H](NC(=O)COCCOCCOCCOc3c(F)cc(N4C(=O)C(Sc5ccc(C(=O)N6CCOCC6)cc5)=C(Sc5ccc(C(=O)N6CCOCC6)cc5)C4=O)cc3F)C(C)C)c3c1c2CCC3. The van der Waals surface area contributed by atoms with Crippen LogP contribution in [0.15, 0.2) is 103 Å². The van der Waals surface area contributed by atoms with E-state index in [0.29, 0.717) is 114 Å². The van der Waals surface area contributed by atoms with Gasteiger partial charge >= 0.3 is 5.97 Å². The zero-order valence-corrected chi connectivity index (χ0v) is 57.0. The fourth-order valence-corrected chi connectivity index (χ4v) is 14.8. The lowest BCUT2D eigenvalue weighted by molar-refractivity contribution is -0.172. The molecule has 6 aliphatic rings. The number of carbonyl (C=O) groups is 8. The molecule has 25 nitrogen and oxygen atoms in total. The maximum absolute atomic E-state index is 15.8. The minimum atomic E-state index is -1.96. The number of imide groups is 1. The van der Waals surface area contributed by atoms with Crippen molar-refractivity contribution in [3.63, 3.8) is 0 Å². The third-order valence-corrected chi connectivity index (χ3v) is 20.4. The first-order valence-electron chi connectivity index (χ1n) is 33.1. The topological polar surface area (TPSA) is 302 Å². The molecular weight excluding hydrogens is 1340 g/mol. The monoisotopic (exact) mass is 1410 g/mol. The Balaban J connectivity index is 0.577. The zero-order chi connectivity index (χ0) is 70.5. The van der Waals surface area contributed by atoms with Gasteiger partial charge in [-0.1, -0.05) is 44.3 Å². The second-order valence-corrected chi connectivity index (χ2v) is 27.1. The van der Waals surface area contributed by atoms with Crippen LogP contribution in [0.25, 0.3) is 22.3 Å². The van der Waals surface area contributed by atoms with Crippen molar-refractivity contribution in [1.82, 2.24) is 30.0 Å². The Hall–Kier alpha value is -8.94. The second-order valence-electron chi connectivity index (χ2n) is 24.9. The van der Waals surface area contributed by atoms with E-state index in [1.165, 1.54) is 6.92 Å². The molecule has 0 unspecified atom stereocenters. The Morgan fingerprint density at radius 2 is 1.24 bits per heavy atom. The number of cyclic esters (lactones) is 1. The van der Waals surface area contributed by atoms with Crippen LogP contribution >= 0.6 is 23.5 Å². The number of nitrogens with one attached hydrogen (secondary N) is 3. The minimum absolute atomic E-state index is 0.00126. The lowest BCUT2D eigenvalue weighted by atomic mass is 9.85. The summed E-state index contributed by atoms with van der Waals surface area (Å²) in [6.07, 6.45) is 2.10. The van der Waals surface area contributed by atoms with Gasteiger partial charge < -0.3 is 68.6 Å². The van der Waals surface area contributed by atoms with Crippen molar-refractivity contribution < 1.29 is 85.4 Å². The van der Waals surface area contributed by atoms with Crippen LogP contribution in [0.1, 0.15) is 89.1 Å². The average molecular weight is 1410 g/mol. The van der Waals surface area contributed by atoms with Crippen molar-refractivity contribution in [3.8, 4) is 17.1 Å². The number of anilines is 2. The number of fused-ring (bicyclic) bond motifs is 5. The van der Waals surface area contributed by atoms with Gasteiger partial charge in [-0.3, -0.25) is 38.4 Å². The summed E-state index contributed by atoms with van der Waals surface area (Å²) in [4.78, 5) is 132. The van der Waals surface area contributed by atoms with Crippen molar-refractivity contribution >= 4 is 93.1 Å². The standard InChI is InChI=1S/C71H74F2N8O17S2/c1-5-71(91)50-35-55-59-48(36-80(55)67(87)49(50)37-98-70(71)90)46-7-6-8-47-53(17-18-54(75-59)57(46)47)76-63(83)40(4)74-64(84)58(39(2)3)77-56(82)38-96-30-29-94-27-28-95-31-32-97-60-51(72)33-43(34-52(60)73)81-68(88)61(99-44-13-9-41(10-14-44)65(85)78-19-23-92-24-20-78)62(69(81)89)100-45-15-11-42(12-16-45)66(86)79-21-25-93-26-22-79/h9-18,33-35,39-40,58,91H,5-8,19-32,36-38H2,1-4H3,(H,74,84)(H,76,83)(H,77,82)/t40-,58-,71-/m0/s1. The molecule has 526 valence electrons. The van der Waals surface area contributed by atoms with Gasteiger partial charge in [0.05, 0.1) is 104 Å². The fourth-order valence-electron chi connectivity index (χ4n) is 12.8. The number of thioether (sulfide) groups is 2. The van der Waals surface area contributed by atoms with Crippen molar-refractivity contribution in [3.05, 3.63) is 150 Å². The van der Waals surface area contributed by atoms with Crippen LogP contribution in [0, 0.1) is 17.6 Å².